The standard InChI is InChI=1S/C16H21FN2S/c1-5-18-15(8-13-9-20-12(4)19-13)16-11(3)6-10(2)7-14(16)17/h6-7,9,15,18H,5,8H2,1-4H3. The molecule has 0 aliphatic heterocycles. The van der Waals surface area contributed by atoms with Crippen LogP contribution in [0.25, 0.3) is 0 Å². The number of aryl methyl sites for hydroxylation is 3. The number of aromatic nitrogens is 1. The van der Waals surface area contributed by atoms with Gasteiger partial charge in [-0.3, -0.25) is 0 Å². The van der Waals surface area contributed by atoms with Crippen molar-refractivity contribution in [2.75, 3.05) is 6.54 Å². The summed E-state index contributed by atoms with van der Waals surface area (Å²) in [6, 6.07) is 3.62. The van der Waals surface area contributed by atoms with Crippen LogP contribution in [0.4, 0.5) is 4.39 Å². The molecule has 108 valence electrons. The van der Waals surface area contributed by atoms with E-state index in [0.717, 1.165) is 40.4 Å². The summed E-state index contributed by atoms with van der Waals surface area (Å²) in [4.78, 5) is 4.49. The molecule has 2 nitrogen and oxygen atoms in total. The normalized spacial score (nSPS) is 12.7. The van der Waals surface area contributed by atoms with Crippen molar-refractivity contribution in [1.29, 1.82) is 0 Å². The Bertz CT molecular complexity index is 569. The van der Waals surface area contributed by atoms with E-state index in [2.05, 4.69) is 15.7 Å². The summed E-state index contributed by atoms with van der Waals surface area (Å²) < 4.78 is 14.3. The Hall–Kier alpha value is -1.26. The zero-order chi connectivity index (χ0) is 14.7. The average Bonchev–Trinajstić information content (AvgIpc) is 2.73. The molecule has 1 heterocycles. The minimum absolute atomic E-state index is 0.0258. The van der Waals surface area contributed by atoms with Gasteiger partial charge in [-0.25, -0.2) is 9.37 Å². The van der Waals surface area contributed by atoms with Gasteiger partial charge in [0.25, 0.3) is 0 Å². The molecule has 4 heteroatoms. The van der Waals surface area contributed by atoms with Crippen LogP contribution in [0, 0.1) is 26.6 Å². The first-order chi connectivity index (χ1) is 9.51. The Morgan fingerprint density at radius 3 is 2.60 bits per heavy atom. The summed E-state index contributed by atoms with van der Waals surface area (Å²) in [5, 5.41) is 6.49. The lowest BCUT2D eigenvalue weighted by Crippen LogP contribution is -2.25. The lowest BCUT2D eigenvalue weighted by atomic mass is 9.95. The summed E-state index contributed by atoms with van der Waals surface area (Å²) in [5.41, 5.74) is 3.75. The van der Waals surface area contributed by atoms with E-state index in [-0.39, 0.29) is 11.9 Å². The molecule has 0 aliphatic rings. The van der Waals surface area contributed by atoms with Gasteiger partial charge in [0.1, 0.15) is 5.82 Å². The Kier molecular flexibility index (Phi) is 4.89. The molecule has 1 unspecified atom stereocenters. The van der Waals surface area contributed by atoms with E-state index in [9.17, 15) is 4.39 Å². The molecule has 1 aromatic heterocycles. The molecule has 0 spiro atoms. The minimum atomic E-state index is -0.125. The van der Waals surface area contributed by atoms with Crippen LogP contribution in [0.2, 0.25) is 0 Å². The highest BCUT2D eigenvalue weighted by atomic mass is 32.1. The topological polar surface area (TPSA) is 24.9 Å². The highest BCUT2D eigenvalue weighted by Gasteiger charge is 2.19. The molecule has 0 amide bonds. The monoisotopic (exact) mass is 292 g/mol. The second-order valence-corrected chi connectivity index (χ2v) is 6.21. The number of thiazole rings is 1. The molecule has 0 bridgehead atoms. The number of nitrogens with one attached hydrogen (secondary N) is 1. The van der Waals surface area contributed by atoms with Crippen molar-refractivity contribution in [3.05, 3.63) is 50.7 Å². The third-order valence-electron chi connectivity index (χ3n) is 3.36. The van der Waals surface area contributed by atoms with Crippen LogP contribution in [0.3, 0.4) is 0 Å². The zero-order valence-electron chi connectivity index (χ0n) is 12.5. The summed E-state index contributed by atoms with van der Waals surface area (Å²) in [7, 11) is 0. The van der Waals surface area contributed by atoms with E-state index in [1.807, 2.05) is 33.8 Å². The maximum absolute atomic E-state index is 14.3. The summed E-state index contributed by atoms with van der Waals surface area (Å²) in [6.07, 6.45) is 0.721. The Balaban J connectivity index is 2.33. The fourth-order valence-electron chi connectivity index (χ4n) is 2.60. The van der Waals surface area contributed by atoms with E-state index in [0.29, 0.717) is 0 Å². The van der Waals surface area contributed by atoms with E-state index in [1.165, 1.54) is 0 Å². The summed E-state index contributed by atoms with van der Waals surface area (Å²) in [5.74, 6) is -0.125. The van der Waals surface area contributed by atoms with E-state index in [4.69, 9.17) is 0 Å². The number of hydrogen-bond acceptors (Lipinski definition) is 3. The molecule has 20 heavy (non-hydrogen) atoms. The van der Waals surface area contributed by atoms with Crippen molar-refractivity contribution < 1.29 is 4.39 Å². The van der Waals surface area contributed by atoms with Crippen LogP contribution in [-0.2, 0) is 6.42 Å². The van der Waals surface area contributed by atoms with Gasteiger partial charge in [-0.2, -0.15) is 0 Å². The molecule has 0 radical (unpaired) electrons. The lowest BCUT2D eigenvalue weighted by molar-refractivity contribution is 0.503. The fraction of sp³-hybridized carbons (Fsp3) is 0.438. The fourth-order valence-corrected chi connectivity index (χ4v) is 3.23. The largest absolute Gasteiger partial charge is 0.310 e. The molecule has 0 aliphatic carbocycles. The van der Waals surface area contributed by atoms with Gasteiger partial charge in [0, 0.05) is 23.4 Å². The number of halogens is 1. The highest BCUT2D eigenvalue weighted by Crippen LogP contribution is 2.26. The molecule has 0 fully saturated rings. The second-order valence-electron chi connectivity index (χ2n) is 5.15. The summed E-state index contributed by atoms with van der Waals surface area (Å²) in [6.45, 7) is 8.74. The number of hydrogen-bond donors (Lipinski definition) is 1. The number of benzene rings is 1. The Morgan fingerprint density at radius 2 is 2.05 bits per heavy atom. The van der Waals surface area contributed by atoms with Crippen molar-refractivity contribution in [2.45, 2.75) is 40.2 Å². The average molecular weight is 292 g/mol. The smallest absolute Gasteiger partial charge is 0.128 e. The van der Waals surface area contributed by atoms with Crippen molar-refractivity contribution in [3.8, 4) is 0 Å². The van der Waals surface area contributed by atoms with Gasteiger partial charge >= 0.3 is 0 Å². The van der Waals surface area contributed by atoms with E-state index < -0.39 is 0 Å². The van der Waals surface area contributed by atoms with E-state index >= 15 is 0 Å². The van der Waals surface area contributed by atoms with Crippen molar-refractivity contribution in [1.82, 2.24) is 10.3 Å². The third kappa shape index (κ3) is 3.44. The second kappa shape index (κ2) is 6.46. The van der Waals surface area contributed by atoms with Crippen LogP contribution >= 0.6 is 11.3 Å². The maximum Gasteiger partial charge on any atom is 0.128 e. The summed E-state index contributed by atoms with van der Waals surface area (Å²) >= 11 is 1.64. The van der Waals surface area contributed by atoms with Gasteiger partial charge in [-0.15, -0.1) is 11.3 Å². The van der Waals surface area contributed by atoms with Gasteiger partial charge < -0.3 is 5.32 Å². The predicted octanol–water partition coefficient (Wildman–Crippen LogP) is 4.10. The SMILES string of the molecule is CCNC(Cc1csc(C)n1)c1c(C)cc(C)cc1F. The molecule has 0 saturated carbocycles. The van der Waals surface area contributed by atoms with Gasteiger partial charge in [0.2, 0.25) is 0 Å². The molecular weight excluding hydrogens is 271 g/mol. The number of rotatable bonds is 5. The quantitative estimate of drug-likeness (QED) is 0.897. The van der Waals surface area contributed by atoms with E-state index in [1.54, 1.807) is 17.4 Å². The lowest BCUT2D eigenvalue weighted by Gasteiger charge is -2.21. The maximum atomic E-state index is 14.3. The first-order valence-corrected chi connectivity index (χ1v) is 7.80. The predicted molar refractivity (Wildman–Crippen MR) is 82.8 cm³/mol. The van der Waals surface area contributed by atoms with Crippen LogP contribution in [0.1, 0.15) is 40.4 Å². The van der Waals surface area contributed by atoms with Crippen molar-refractivity contribution in [2.24, 2.45) is 0 Å². The molecular formula is C16H21FN2S. The van der Waals surface area contributed by atoms with Crippen LogP contribution in [0.5, 0.6) is 0 Å². The van der Waals surface area contributed by atoms with Gasteiger partial charge in [0.15, 0.2) is 0 Å². The molecule has 1 N–H and O–H groups in total. The number of likely N-dealkylation sites (N-methyl/N-ethyl adjacent to an activating group) is 1. The molecule has 1 atom stereocenters. The Labute approximate surface area is 124 Å². The molecule has 2 aromatic rings. The van der Waals surface area contributed by atoms with Crippen LogP contribution in [0.15, 0.2) is 17.5 Å². The first-order valence-electron chi connectivity index (χ1n) is 6.92. The van der Waals surface area contributed by atoms with Crippen molar-refractivity contribution in [3.63, 3.8) is 0 Å². The van der Waals surface area contributed by atoms with Crippen LogP contribution in [-0.4, -0.2) is 11.5 Å². The molecule has 0 saturated heterocycles. The highest BCUT2D eigenvalue weighted by molar-refractivity contribution is 7.09. The zero-order valence-corrected chi connectivity index (χ0v) is 13.3. The Morgan fingerprint density at radius 1 is 1.30 bits per heavy atom. The van der Waals surface area contributed by atoms with Gasteiger partial charge in [0.05, 0.1) is 10.7 Å². The molecule has 2 rings (SSSR count). The first kappa shape index (κ1) is 15.1. The van der Waals surface area contributed by atoms with Gasteiger partial charge in [-0.05, 0) is 44.5 Å². The number of nitrogens with zero attached hydrogens (tertiary/aromatic N) is 1. The van der Waals surface area contributed by atoms with Crippen LogP contribution < -0.4 is 5.32 Å². The minimum Gasteiger partial charge on any atom is -0.310 e. The van der Waals surface area contributed by atoms with Gasteiger partial charge in [-0.1, -0.05) is 13.0 Å². The molecule has 1 aromatic carbocycles. The third-order valence-corrected chi connectivity index (χ3v) is 4.18. The van der Waals surface area contributed by atoms with Crippen molar-refractivity contribution >= 4 is 11.3 Å².